The maximum atomic E-state index is 14.8. The molecule has 156 valence electrons. The summed E-state index contributed by atoms with van der Waals surface area (Å²) in [6.45, 7) is 1.63. The van der Waals surface area contributed by atoms with Crippen LogP contribution in [-0.2, 0) is 4.74 Å². The number of hydrogen-bond acceptors (Lipinski definition) is 6. The number of nitrogens with zero attached hydrogens (tertiary/aromatic N) is 3. The maximum Gasteiger partial charge on any atom is 0.337 e. The Labute approximate surface area is 180 Å². The van der Waals surface area contributed by atoms with E-state index in [0.29, 0.717) is 16.6 Å². The Morgan fingerprint density at radius 3 is 2.65 bits per heavy atom. The molecule has 2 aromatic carbocycles. The van der Waals surface area contributed by atoms with Gasteiger partial charge in [0.1, 0.15) is 22.8 Å². The third kappa shape index (κ3) is 3.51. The summed E-state index contributed by atoms with van der Waals surface area (Å²) in [6.07, 6.45) is 1.50. The number of pyridine rings is 1. The second-order valence-corrected chi connectivity index (χ2v) is 7.15. The molecule has 7 nitrogen and oxygen atoms in total. The molecule has 2 heterocycles. The van der Waals surface area contributed by atoms with Crippen molar-refractivity contribution in [2.75, 3.05) is 7.11 Å². The Morgan fingerprint density at radius 1 is 1.19 bits per heavy atom. The van der Waals surface area contributed by atoms with Crippen molar-refractivity contribution < 1.29 is 23.8 Å². The summed E-state index contributed by atoms with van der Waals surface area (Å²) in [5.41, 5.74) is 1.50. The lowest BCUT2D eigenvalue weighted by molar-refractivity contribution is 0.0600. The molecule has 0 saturated heterocycles. The lowest BCUT2D eigenvalue weighted by Crippen LogP contribution is -2.15. The van der Waals surface area contributed by atoms with E-state index in [1.807, 2.05) is 0 Å². The third-order valence-electron chi connectivity index (χ3n) is 4.76. The van der Waals surface area contributed by atoms with Crippen LogP contribution in [0, 0.1) is 12.7 Å². The fraction of sp³-hybridized carbons (Fsp3) is 0.0909. The van der Waals surface area contributed by atoms with Gasteiger partial charge in [0, 0.05) is 11.8 Å². The van der Waals surface area contributed by atoms with Crippen molar-refractivity contribution in [3.8, 4) is 17.0 Å². The Morgan fingerprint density at radius 2 is 1.97 bits per heavy atom. The molecule has 31 heavy (non-hydrogen) atoms. The quantitative estimate of drug-likeness (QED) is 0.476. The molecule has 0 fully saturated rings. The molecule has 0 saturated carbocycles. The number of carbonyl (C=O) groups is 2. The van der Waals surface area contributed by atoms with Gasteiger partial charge in [-0.3, -0.25) is 9.78 Å². The average molecular weight is 440 g/mol. The highest BCUT2D eigenvalue weighted by atomic mass is 35.5. The number of carbonyl (C=O) groups excluding carboxylic acids is 2. The van der Waals surface area contributed by atoms with E-state index >= 15 is 0 Å². The van der Waals surface area contributed by atoms with Crippen molar-refractivity contribution in [1.29, 1.82) is 0 Å². The molecule has 0 radical (unpaired) electrons. The summed E-state index contributed by atoms with van der Waals surface area (Å²) >= 11 is 6.20. The molecular formula is C22H15ClFN3O4. The number of aromatic nitrogens is 3. The van der Waals surface area contributed by atoms with E-state index in [2.05, 4.69) is 14.8 Å². The number of benzene rings is 2. The van der Waals surface area contributed by atoms with Gasteiger partial charge in [-0.1, -0.05) is 11.6 Å². The van der Waals surface area contributed by atoms with E-state index in [1.165, 1.54) is 37.6 Å². The van der Waals surface area contributed by atoms with E-state index < -0.39 is 17.7 Å². The Kier molecular flexibility index (Phi) is 5.16. The molecule has 4 aromatic rings. The fourth-order valence-corrected chi connectivity index (χ4v) is 3.68. The van der Waals surface area contributed by atoms with Crippen LogP contribution in [0.3, 0.4) is 0 Å². The minimum atomic E-state index is -0.716. The van der Waals surface area contributed by atoms with Gasteiger partial charge >= 0.3 is 5.97 Å². The lowest BCUT2D eigenvalue weighted by Gasteiger charge is -2.09. The minimum absolute atomic E-state index is 0.0445. The van der Waals surface area contributed by atoms with Gasteiger partial charge in [0.25, 0.3) is 5.91 Å². The van der Waals surface area contributed by atoms with Crippen molar-refractivity contribution in [3.05, 3.63) is 76.2 Å². The number of fused-ring (bicyclic) bond motifs is 1. The average Bonchev–Trinajstić information content (AvgIpc) is 3.12. The van der Waals surface area contributed by atoms with Crippen LogP contribution in [0.5, 0.6) is 5.75 Å². The van der Waals surface area contributed by atoms with Gasteiger partial charge in [0.2, 0.25) is 0 Å². The number of hydrogen-bond donors (Lipinski definition) is 1. The summed E-state index contributed by atoms with van der Waals surface area (Å²) in [4.78, 5) is 29.2. The first kappa shape index (κ1) is 20.5. The normalized spacial score (nSPS) is 11.0. The molecule has 0 atom stereocenters. The van der Waals surface area contributed by atoms with Crippen molar-refractivity contribution in [2.45, 2.75) is 6.92 Å². The first-order chi connectivity index (χ1) is 14.8. The topological polar surface area (TPSA) is 94.3 Å². The molecule has 0 amide bonds. The van der Waals surface area contributed by atoms with Gasteiger partial charge in [0.15, 0.2) is 0 Å². The molecule has 0 aliphatic heterocycles. The summed E-state index contributed by atoms with van der Waals surface area (Å²) in [6, 6.07) is 9.75. The van der Waals surface area contributed by atoms with Gasteiger partial charge in [-0.15, -0.1) is 0 Å². The van der Waals surface area contributed by atoms with Crippen molar-refractivity contribution in [1.82, 2.24) is 14.8 Å². The number of aromatic hydroxyl groups is 1. The number of methoxy groups -OCH3 is 1. The molecule has 0 aliphatic rings. The lowest BCUT2D eigenvalue weighted by atomic mass is 10.1. The van der Waals surface area contributed by atoms with Crippen LogP contribution < -0.4 is 0 Å². The van der Waals surface area contributed by atoms with Gasteiger partial charge < -0.3 is 9.84 Å². The number of aryl methyl sites for hydroxylation is 1. The van der Waals surface area contributed by atoms with E-state index in [9.17, 15) is 19.1 Å². The first-order valence-corrected chi connectivity index (χ1v) is 9.45. The third-order valence-corrected chi connectivity index (χ3v) is 5.06. The van der Waals surface area contributed by atoms with Crippen LogP contribution in [-0.4, -0.2) is 38.9 Å². The molecule has 4 rings (SSSR count). The monoisotopic (exact) mass is 439 g/mol. The van der Waals surface area contributed by atoms with E-state index in [-0.39, 0.29) is 33.2 Å². The first-order valence-electron chi connectivity index (χ1n) is 9.07. The van der Waals surface area contributed by atoms with E-state index in [0.717, 1.165) is 10.7 Å². The molecule has 0 aliphatic carbocycles. The summed E-state index contributed by atoms with van der Waals surface area (Å²) in [7, 11) is 1.20. The van der Waals surface area contributed by atoms with Crippen LogP contribution in [0.2, 0.25) is 5.02 Å². The number of esters is 1. The van der Waals surface area contributed by atoms with Crippen LogP contribution in [0.25, 0.3) is 22.3 Å². The molecule has 9 heteroatoms. The number of rotatable bonds is 3. The van der Waals surface area contributed by atoms with Crippen LogP contribution in [0.1, 0.15) is 26.3 Å². The van der Waals surface area contributed by atoms with Gasteiger partial charge in [0.05, 0.1) is 28.8 Å². The highest BCUT2D eigenvalue weighted by Crippen LogP contribution is 2.31. The van der Waals surface area contributed by atoms with Crippen molar-refractivity contribution in [2.24, 2.45) is 0 Å². The van der Waals surface area contributed by atoms with Crippen molar-refractivity contribution in [3.63, 3.8) is 0 Å². The van der Waals surface area contributed by atoms with E-state index in [1.54, 1.807) is 19.1 Å². The summed E-state index contributed by atoms with van der Waals surface area (Å²) in [5, 5.41) is 14.1. The number of ether oxygens (including phenoxy) is 1. The standard InChI is InChI=1S/C22H15ClFN3O4/c1-11-8-13(28)10-15(23)18(11)21(29)27-17-4-3-7-25-20(17)19(26-27)14-6-5-12(9-16(14)24)22(30)31-2/h3-10,28H,1-2H3. The number of halogens is 2. The molecule has 2 aromatic heterocycles. The summed E-state index contributed by atoms with van der Waals surface area (Å²) < 4.78 is 20.6. The highest BCUT2D eigenvalue weighted by Gasteiger charge is 2.24. The fourth-order valence-electron chi connectivity index (χ4n) is 3.34. The Balaban J connectivity index is 1.90. The highest BCUT2D eigenvalue weighted by molar-refractivity contribution is 6.34. The van der Waals surface area contributed by atoms with Gasteiger partial charge in [-0.2, -0.15) is 9.78 Å². The molecule has 1 N–H and O–H groups in total. The van der Waals surface area contributed by atoms with Crippen LogP contribution in [0.15, 0.2) is 48.7 Å². The SMILES string of the molecule is COC(=O)c1ccc(-c2nn(C(=O)c3c(C)cc(O)cc3Cl)c3cccnc23)c(F)c1. The number of phenols is 1. The van der Waals surface area contributed by atoms with Crippen LogP contribution >= 0.6 is 11.6 Å². The van der Waals surface area contributed by atoms with Gasteiger partial charge in [-0.05, 0) is 55.0 Å². The van der Waals surface area contributed by atoms with Gasteiger partial charge in [-0.25, -0.2) is 9.18 Å². The number of phenolic OH excluding ortho intramolecular Hbond substituents is 1. The smallest absolute Gasteiger partial charge is 0.337 e. The maximum absolute atomic E-state index is 14.8. The largest absolute Gasteiger partial charge is 0.508 e. The second kappa shape index (κ2) is 7.81. The minimum Gasteiger partial charge on any atom is -0.508 e. The molecule has 0 bridgehead atoms. The molecule has 0 spiro atoms. The van der Waals surface area contributed by atoms with Crippen molar-refractivity contribution >= 4 is 34.5 Å². The zero-order valence-corrected chi connectivity index (χ0v) is 17.1. The zero-order chi connectivity index (χ0) is 22.3. The Bertz CT molecular complexity index is 1340. The predicted octanol–water partition coefficient (Wildman–Crippen LogP) is 4.38. The molecular weight excluding hydrogens is 425 g/mol. The predicted molar refractivity (Wildman–Crippen MR) is 112 cm³/mol. The second-order valence-electron chi connectivity index (χ2n) is 6.74. The molecule has 0 unspecified atom stereocenters. The van der Waals surface area contributed by atoms with Crippen LogP contribution in [0.4, 0.5) is 4.39 Å². The zero-order valence-electron chi connectivity index (χ0n) is 16.4. The van der Waals surface area contributed by atoms with E-state index in [4.69, 9.17) is 11.6 Å². The Hall–Kier alpha value is -3.78. The summed E-state index contributed by atoms with van der Waals surface area (Å²) in [5.74, 6) is -2.02.